The van der Waals surface area contributed by atoms with Crippen molar-refractivity contribution in [3.05, 3.63) is 53.3 Å². The van der Waals surface area contributed by atoms with Crippen LogP contribution in [0.3, 0.4) is 0 Å². The maximum atomic E-state index is 6.21. The molecule has 1 aliphatic rings. The minimum Gasteiger partial charge on any atom is -0.438 e. The first-order valence-electron chi connectivity index (χ1n) is 9.89. The smallest absolute Gasteiger partial charge is 0.249 e. The van der Waals surface area contributed by atoms with E-state index < -0.39 is 0 Å². The van der Waals surface area contributed by atoms with Crippen molar-refractivity contribution >= 4 is 44.2 Å². The third-order valence-corrected chi connectivity index (χ3v) is 5.86. The molecule has 0 bridgehead atoms. The van der Waals surface area contributed by atoms with E-state index in [1.54, 1.807) is 0 Å². The van der Waals surface area contributed by atoms with Crippen molar-refractivity contribution in [2.75, 3.05) is 10.6 Å². The minimum atomic E-state index is 0.430. The fourth-order valence-corrected chi connectivity index (χ4v) is 4.29. The van der Waals surface area contributed by atoms with Crippen LogP contribution in [0.2, 0.25) is 0 Å². The Labute approximate surface area is 176 Å². The van der Waals surface area contributed by atoms with Crippen molar-refractivity contribution in [2.45, 2.75) is 38.1 Å². The number of furan rings is 1. The van der Waals surface area contributed by atoms with E-state index in [4.69, 9.17) is 8.83 Å². The van der Waals surface area contributed by atoms with Gasteiger partial charge in [0.2, 0.25) is 18.2 Å². The van der Waals surface area contributed by atoms with Gasteiger partial charge in [0.15, 0.2) is 0 Å². The van der Waals surface area contributed by atoms with E-state index in [0.717, 1.165) is 38.3 Å². The molecule has 0 atom stereocenters. The first-order chi connectivity index (χ1) is 14.3. The number of rotatable bonds is 5. The molecule has 0 aliphatic heterocycles. The second-order valence-electron chi connectivity index (χ2n) is 7.34. The standard InChI is InChI=1S/C22H21BrN4O2/c23-14-10-11-19-17(12-14)20(22(29-19)25-15-6-2-1-3-7-15)26-18-9-5-4-8-16(18)21-27-24-13-28-21/h4-5,8-13,15,25-26H,1-3,6-7H2. The third kappa shape index (κ3) is 3.74. The lowest BCUT2D eigenvalue weighted by Crippen LogP contribution is -2.22. The largest absolute Gasteiger partial charge is 0.438 e. The average molecular weight is 453 g/mol. The number of para-hydroxylation sites is 1. The zero-order valence-electron chi connectivity index (χ0n) is 15.8. The van der Waals surface area contributed by atoms with E-state index in [1.165, 1.54) is 38.5 Å². The second-order valence-corrected chi connectivity index (χ2v) is 8.26. The monoisotopic (exact) mass is 452 g/mol. The van der Waals surface area contributed by atoms with E-state index >= 15 is 0 Å². The van der Waals surface area contributed by atoms with Crippen LogP contribution >= 0.6 is 15.9 Å². The summed E-state index contributed by atoms with van der Waals surface area (Å²) in [5.41, 5.74) is 3.48. The predicted molar refractivity (Wildman–Crippen MR) is 117 cm³/mol. The fourth-order valence-electron chi connectivity index (χ4n) is 3.93. The number of benzene rings is 2. The van der Waals surface area contributed by atoms with Crippen LogP contribution < -0.4 is 10.6 Å². The molecule has 7 heteroatoms. The molecule has 4 aromatic rings. The van der Waals surface area contributed by atoms with Gasteiger partial charge in [-0.05, 0) is 43.2 Å². The van der Waals surface area contributed by atoms with Crippen molar-refractivity contribution in [1.82, 2.24) is 10.2 Å². The Bertz CT molecular complexity index is 1120. The molecular formula is C22H21BrN4O2. The summed E-state index contributed by atoms with van der Waals surface area (Å²) in [7, 11) is 0. The highest BCUT2D eigenvalue weighted by Crippen LogP contribution is 2.41. The molecule has 2 N–H and O–H groups in total. The lowest BCUT2D eigenvalue weighted by molar-refractivity contribution is 0.453. The molecule has 0 unspecified atom stereocenters. The van der Waals surface area contributed by atoms with Crippen LogP contribution in [-0.2, 0) is 0 Å². The van der Waals surface area contributed by atoms with Crippen LogP contribution in [-0.4, -0.2) is 16.2 Å². The van der Waals surface area contributed by atoms with Gasteiger partial charge in [-0.2, -0.15) is 0 Å². The molecule has 1 fully saturated rings. The van der Waals surface area contributed by atoms with Gasteiger partial charge in [-0.25, -0.2) is 0 Å². The van der Waals surface area contributed by atoms with Crippen molar-refractivity contribution in [3.63, 3.8) is 0 Å². The number of nitrogens with zero attached hydrogens (tertiary/aromatic N) is 2. The summed E-state index contributed by atoms with van der Waals surface area (Å²) in [6, 6.07) is 14.4. The van der Waals surface area contributed by atoms with Gasteiger partial charge in [-0.15, -0.1) is 10.2 Å². The van der Waals surface area contributed by atoms with Crippen LogP contribution in [0.25, 0.3) is 22.4 Å². The highest BCUT2D eigenvalue weighted by Gasteiger charge is 2.21. The van der Waals surface area contributed by atoms with Crippen molar-refractivity contribution in [1.29, 1.82) is 0 Å². The zero-order chi connectivity index (χ0) is 19.6. The van der Waals surface area contributed by atoms with Gasteiger partial charge in [0, 0.05) is 15.9 Å². The molecule has 1 aliphatic carbocycles. The Morgan fingerprint density at radius 3 is 2.72 bits per heavy atom. The van der Waals surface area contributed by atoms with E-state index in [-0.39, 0.29) is 0 Å². The molecule has 0 saturated heterocycles. The number of anilines is 3. The third-order valence-electron chi connectivity index (χ3n) is 5.37. The van der Waals surface area contributed by atoms with Crippen molar-refractivity contribution < 1.29 is 8.83 Å². The Kier molecular flexibility index (Phi) is 4.97. The Morgan fingerprint density at radius 2 is 1.90 bits per heavy atom. The Hall–Kier alpha value is -2.80. The quantitative estimate of drug-likeness (QED) is 0.349. The summed E-state index contributed by atoms with van der Waals surface area (Å²) < 4.78 is 12.6. The van der Waals surface area contributed by atoms with Crippen molar-refractivity contribution in [2.24, 2.45) is 0 Å². The van der Waals surface area contributed by atoms with Crippen LogP contribution in [0.1, 0.15) is 32.1 Å². The SMILES string of the molecule is Brc1ccc2oc(NC3CCCCC3)c(Nc3ccccc3-c3nnco3)c2c1. The lowest BCUT2D eigenvalue weighted by Gasteiger charge is -2.23. The van der Waals surface area contributed by atoms with Crippen LogP contribution in [0.4, 0.5) is 17.3 Å². The van der Waals surface area contributed by atoms with Crippen LogP contribution in [0.15, 0.2) is 62.2 Å². The zero-order valence-corrected chi connectivity index (χ0v) is 17.4. The molecule has 1 saturated carbocycles. The summed E-state index contributed by atoms with van der Waals surface area (Å²) in [6.45, 7) is 0. The van der Waals surface area contributed by atoms with E-state index in [9.17, 15) is 0 Å². The van der Waals surface area contributed by atoms with Crippen LogP contribution in [0.5, 0.6) is 0 Å². The summed E-state index contributed by atoms with van der Waals surface area (Å²) in [5, 5.41) is 16.1. The first kappa shape index (κ1) is 18.2. The number of nitrogens with one attached hydrogen (secondary N) is 2. The van der Waals surface area contributed by atoms with E-state index in [2.05, 4.69) is 42.8 Å². The first-order valence-corrected chi connectivity index (χ1v) is 10.7. The molecule has 0 spiro atoms. The molecule has 29 heavy (non-hydrogen) atoms. The maximum Gasteiger partial charge on any atom is 0.249 e. The van der Waals surface area contributed by atoms with Gasteiger partial charge < -0.3 is 19.5 Å². The number of halogens is 1. The van der Waals surface area contributed by atoms with E-state index in [0.29, 0.717) is 11.9 Å². The summed E-state index contributed by atoms with van der Waals surface area (Å²) in [6.07, 6.45) is 7.50. The van der Waals surface area contributed by atoms with Gasteiger partial charge in [-0.1, -0.05) is 47.3 Å². The van der Waals surface area contributed by atoms with Crippen LogP contribution in [0, 0.1) is 0 Å². The number of fused-ring (bicyclic) bond motifs is 1. The van der Waals surface area contributed by atoms with Gasteiger partial charge in [-0.3, -0.25) is 0 Å². The normalized spacial score (nSPS) is 14.9. The molecule has 2 aromatic carbocycles. The summed E-state index contributed by atoms with van der Waals surface area (Å²) >= 11 is 3.58. The fraction of sp³-hybridized carbons (Fsp3) is 0.273. The molecule has 0 radical (unpaired) electrons. The highest BCUT2D eigenvalue weighted by atomic mass is 79.9. The number of aromatic nitrogens is 2. The maximum absolute atomic E-state index is 6.21. The van der Waals surface area contributed by atoms with Gasteiger partial charge in [0.05, 0.1) is 11.3 Å². The second kappa shape index (κ2) is 7.91. The Balaban J connectivity index is 1.57. The topological polar surface area (TPSA) is 76.1 Å². The molecule has 2 heterocycles. The molecular weight excluding hydrogens is 432 g/mol. The van der Waals surface area contributed by atoms with Crippen molar-refractivity contribution in [3.8, 4) is 11.5 Å². The van der Waals surface area contributed by atoms with E-state index in [1.807, 2.05) is 36.4 Å². The summed E-state index contributed by atoms with van der Waals surface area (Å²) in [4.78, 5) is 0. The minimum absolute atomic E-state index is 0.430. The molecule has 5 rings (SSSR count). The molecule has 148 valence electrons. The molecule has 0 amide bonds. The number of hydrogen-bond donors (Lipinski definition) is 2. The Morgan fingerprint density at radius 1 is 1.03 bits per heavy atom. The van der Waals surface area contributed by atoms with Gasteiger partial charge >= 0.3 is 0 Å². The lowest BCUT2D eigenvalue weighted by atomic mass is 9.95. The predicted octanol–water partition coefficient (Wildman–Crippen LogP) is 6.73. The molecule has 2 aromatic heterocycles. The number of hydrogen-bond acceptors (Lipinski definition) is 6. The van der Waals surface area contributed by atoms with Gasteiger partial charge in [0.1, 0.15) is 11.3 Å². The highest BCUT2D eigenvalue weighted by molar-refractivity contribution is 9.10. The van der Waals surface area contributed by atoms with Gasteiger partial charge in [0.25, 0.3) is 0 Å². The average Bonchev–Trinajstić information content (AvgIpc) is 3.39. The summed E-state index contributed by atoms with van der Waals surface area (Å²) in [5.74, 6) is 1.24. The molecule has 6 nitrogen and oxygen atoms in total.